The molecule has 0 radical (unpaired) electrons. The molecule has 6 heteroatoms. The first-order valence-electron chi connectivity index (χ1n) is 5.38. The summed E-state index contributed by atoms with van der Waals surface area (Å²) in [6.07, 6.45) is 0. The zero-order valence-corrected chi connectivity index (χ0v) is 10.9. The van der Waals surface area contributed by atoms with Crippen molar-refractivity contribution in [3.05, 3.63) is 47.5 Å². The molecule has 0 unspecified atom stereocenters. The molecular weight excluding hydrogens is 271 g/mol. The van der Waals surface area contributed by atoms with E-state index in [0.717, 1.165) is 5.56 Å². The van der Waals surface area contributed by atoms with E-state index in [2.05, 4.69) is 0 Å². The van der Waals surface area contributed by atoms with Crippen LogP contribution in [0, 0.1) is 5.82 Å². The van der Waals surface area contributed by atoms with Crippen LogP contribution in [0.4, 0.5) is 4.39 Å². The van der Waals surface area contributed by atoms with Crippen LogP contribution in [0.1, 0.15) is 16.1 Å². The van der Waals surface area contributed by atoms with Crippen LogP contribution in [0.2, 0.25) is 0 Å². The molecule has 1 aromatic heterocycles. The van der Waals surface area contributed by atoms with E-state index in [-0.39, 0.29) is 11.5 Å². The normalized spacial score (nSPS) is 10.4. The van der Waals surface area contributed by atoms with Crippen molar-refractivity contribution in [2.75, 3.05) is 7.11 Å². The molecule has 2 rings (SSSR count). The molecule has 0 amide bonds. The number of carboxylic acid groups (broad SMARTS) is 1. The highest BCUT2D eigenvalue weighted by Crippen LogP contribution is 2.27. The maximum Gasteiger partial charge on any atom is 0.371 e. The van der Waals surface area contributed by atoms with Gasteiger partial charge in [-0.1, -0.05) is 17.8 Å². The van der Waals surface area contributed by atoms with Gasteiger partial charge in [0.1, 0.15) is 0 Å². The van der Waals surface area contributed by atoms with Crippen molar-refractivity contribution >= 4 is 17.7 Å². The van der Waals surface area contributed by atoms with Crippen molar-refractivity contribution in [1.82, 2.24) is 0 Å². The summed E-state index contributed by atoms with van der Waals surface area (Å²) in [6.45, 7) is 0. The molecule has 0 aliphatic carbocycles. The van der Waals surface area contributed by atoms with Gasteiger partial charge in [0, 0.05) is 5.75 Å². The molecule has 1 N–H and O–H groups in total. The summed E-state index contributed by atoms with van der Waals surface area (Å²) in [5.41, 5.74) is 0.761. The van der Waals surface area contributed by atoms with E-state index < -0.39 is 11.8 Å². The molecule has 0 bridgehead atoms. The summed E-state index contributed by atoms with van der Waals surface area (Å²) in [6, 6.07) is 7.64. The van der Waals surface area contributed by atoms with Crippen LogP contribution >= 0.6 is 11.8 Å². The van der Waals surface area contributed by atoms with Crippen LogP contribution in [-0.4, -0.2) is 18.2 Å². The van der Waals surface area contributed by atoms with E-state index in [1.807, 2.05) is 0 Å². The van der Waals surface area contributed by atoms with Crippen LogP contribution in [0.5, 0.6) is 5.75 Å². The van der Waals surface area contributed by atoms with Gasteiger partial charge in [-0.05, 0) is 29.8 Å². The summed E-state index contributed by atoms with van der Waals surface area (Å²) < 4.78 is 23.4. The largest absolute Gasteiger partial charge is 0.494 e. The Morgan fingerprint density at radius 1 is 1.42 bits per heavy atom. The first kappa shape index (κ1) is 13.5. The number of ether oxygens (including phenoxy) is 1. The van der Waals surface area contributed by atoms with E-state index in [9.17, 15) is 9.18 Å². The summed E-state index contributed by atoms with van der Waals surface area (Å²) in [5.74, 6) is -0.968. The molecule has 0 spiro atoms. The summed E-state index contributed by atoms with van der Waals surface area (Å²) >= 11 is 1.30. The molecule has 0 saturated heterocycles. The van der Waals surface area contributed by atoms with Crippen molar-refractivity contribution in [3.8, 4) is 5.75 Å². The number of benzene rings is 1. The topological polar surface area (TPSA) is 59.7 Å². The van der Waals surface area contributed by atoms with Crippen molar-refractivity contribution < 1.29 is 23.4 Å². The number of aromatic carboxylic acids is 1. The highest BCUT2D eigenvalue weighted by atomic mass is 32.2. The Kier molecular flexibility index (Phi) is 4.11. The van der Waals surface area contributed by atoms with Gasteiger partial charge in [0.2, 0.25) is 5.76 Å². The Bertz CT molecular complexity index is 594. The SMILES string of the molecule is COc1ccc(CSc2ccc(C(=O)O)o2)cc1F. The van der Waals surface area contributed by atoms with E-state index in [4.69, 9.17) is 14.3 Å². The fourth-order valence-corrected chi connectivity index (χ4v) is 2.27. The third kappa shape index (κ3) is 3.29. The molecule has 2 aromatic rings. The van der Waals surface area contributed by atoms with E-state index >= 15 is 0 Å². The number of thioether (sulfide) groups is 1. The highest BCUT2D eigenvalue weighted by molar-refractivity contribution is 7.98. The van der Waals surface area contributed by atoms with Crippen LogP contribution in [-0.2, 0) is 5.75 Å². The smallest absolute Gasteiger partial charge is 0.371 e. The second-order valence-electron chi connectivity index (χ2n) is 3.68. The zero-order chi connectivity index (χ0) is 13.8. The minimum Gasteiger partial charge on any atom is -0.494 e. The lowest BCUT2D eigenvalue weighted by atomic mass is 10.2. The number of carbonyl (C=O) groups is 1. The van der Waals surface area contributed by atoms with E-state index in [0.29, 0.717) is 10.8 Å². The van der Waals surface area contributed by atoms with Gasteiger partial charge in [0.15, 0.2) is 16.7 Å². The Balaban J connectivity index is 2.01. The molecule has 100 valence electrons. The molecular formula is C13H11FO4S. The van der Waals surface area contributed by atoms with E-state index in [1.165, 1.54) is 31.0 Å². The third-order valence-corrected chi connectivity index (χ3v) is 3.37. The average Bonchev–Trinajstić information content (AvgIpc) is 2.85. The van der Waals surface area contributed by atoms with Gasteiger partial charge in [-0.15, -0.1) is 0 Å². The summed E-state index contributed by atoms with van der Waals surface area (Å²) in [5, 5.41) is 9.19. The van der Waals surface area contributed by atoms with Gasteiger partial charge in [-0.3, -0.25) is 0 Å². The number of methoxy groups -OCH3 is 1. The number of rotatable bonds is 5. The minimum absolute atomic E-state index is 0.108. The highest BCUT2D eigenvalue weighted by Gasteiger charge is 2.10. The average molecular weight is 282 g/mol. The first-order valence-corrected chi connectivity index (χ1v) is 6.37. The molecule has 1 heterocycles. The fourth-order valence-electron chi connectivity index (χ4n) is 1.47. The fraction of sp³-hybridized carbons (Fsp3) is 0.154. The van der Waals surface area contributed by atoms with Crippen LogP contribution in [0.15, 0.2) is 39.8 Å². The molecule has 0 aliphatic heterocycles. The Hall–Kier alpha value is -1.95. The molecule has 0 fully saturated rings. The molecule has 19 heavy (non-hydrogen) atoms. The lowest BCUT2D eigenvalue weighted by Crippen LogP contribution is -1.91. The third-order valence-electron chi connectivity index (χ3n) is 2.39. The molecule has 1 aromatic carbocycles. The number of hydrogen-bond donors (Lipinski definition) is 1. The van der Waals surface area contributed by atoms with Gasteiger partial charge in [-0.2, -0.15) is 0 Å². The van der Waals surface area contributed by atoms with Gasteiger partial charge in [0.05, 0.1) is 7.11 Å². The van der Waals surface area contributed by atoms with Gasteiger partial charge < -0.3 is 14.3 Å². The maximum atomic E-state index is 13.5. The van der Waals surface area contributed by atoms with Crippen molar-refractivity contribution in [3.63, 3.8) is 0 Å². The standard InChI is InChI=1S/C13H11FO4S/c1-17-10-3-2-8(6-9(10)14)7-19-12-5-4-11(18-12)13(15)16/h2-6H,7H2,1H3,(H,15,16). The number of carboxylic acids is 1. The van der Waals surface area contributed by atoms with Crippen LogP contribution < -0.4 is 4.74 Å². The molecule has 4 nitrogen and oxygen atoms in total. The van der Waals surface area contributed by atoms with Gasteiger partial charge >= 0.3 is 5.97 Å². The zero-order valence-electron chi connectivity index (χ0n) is 10.1. The Morgan fingerprint density at radius 3 is 2.79 bits per heavy atom. The van der Waals surface area contributed by atoms with Crippen molar-refractivity contribution in [2.45, 2.75) is 10.8 Å². The van der Waals surface area contributed by atoms with Crippen LogP contribution in [0.3, 0.4) is 0 Å². The molecule has 0 atom stereocenters. The first-order chi connectivity index (χ1) is 9.10. The van der Waals surface area contributed by atoms with Crippen molar-refractivity contribution in [1.29, 1.82) is 0 Å². The predicted octanol–water partition coefficient (Wildman–Crippen LogP) is 3.42. The molecule has 0 aliphatic rings. The van der Waals surface area contributed by atoms with Gasteiger partial charge in [0.25, 0.3) is 0 Å². The number of halogens is 1. The minimum atomic E-state index is -1.11. The number of furan rings is 1. The second-order valence-corrected chi connectivity index (χ2v) is 4.66. The second kappa shape index (κ2) is 5.79. The molecule has 0 saturated carbocycles. The summed E-state index contributed by atoms with van der Waals surface area (Å²) in [7, 11) is 1.41. The maximum absolute atomic E-state index is 13.5. The van der Waals surface area contributed by atoms with Crippen molar-refractivity contribution in [2.24, 2.45) is 0 Å². The summed E-state index contributed by atoms with van der Waals surface area (Å²) in [4.78, 5) is 10.6. The predicted molar refractivity (Wildman–Crippen MR) is 68.2 cm³/mol. The quantitative estimate of drug-likeness (QED) is 0.851. The number of hydrogen-bond acceptors (Lipinski definition) is 4. The Labute approximate surface area is 113 Å². The monoisotopic (exact) mass is 282 g/mol. The van der Waals surface area contributed by atoms with Gasteiger partial charge in [-0.25, -0.2) is 9.18 Å². The lowest BCUT2D eigenvalue weighted by Gasteiger charge is -2.04. The lowest BCUT2D eigenvalue weighted by molar-refractivity contribution is 0.0656. The Morgan fingerprint density at radius 2 is 2.21 bits per heavy atom. The van der Waals surface area contributed by atoms with Crippen LogP contribution in [0.25, 0.3) is 0 Å². The van der Waals surface area contributed by atoms with E-state index in [1.54, 1.807) is 18.2 Å².